The van der Waals surface area contributed by atoms with E-state index < -0.39 is 11.9 Å². The van der Waals surface area contributed by atoms with E-state index in [4.69, 9.17) is 16.7 Å². The molecule has 7 heteroatoms. The highest BCUT2D eigenvalue weighted by Gasteiger charge is 2.13. The van der Waals surface area contributed by atoms with Gasteiger partial charge in [-0.25, -0.2) is 9.78 Å². The Morgan fingerprint density at radius 2 is 2.05 bits per heavy atom. The topological polar surface area (TPSA) is 79.3 Å². The highest BCUT2D eigenvalue weighted by Crippen LogP contribution is 2.23. The van der Waals surface area contributed by atoms with Crippen molar-refractivity contribution >= 4 is 41.1 Å². The molecule has 0 aliphatic rings. The molecule has 2 N–H and O–H groups in total. The highest BCUT2D eigenvalue weighted by molar-refractivity contribution is 7.98. The Labute approximate surface area is 130 Å². The Morgan fingerprint density at radius 3 is 2.71 bits per heavy atom. The first-order valence-electron chi connectivity index (χ1n) is 5.86. The number of amides is 1. The van der Waals surface area contributed by atoms with Gasteiger partial charge in [0.25, 0.3) is 5.91 Å². The summed E-state index contributed by atoms with van der Waals surface area (Å²) in [7, 11) is 0. The second kappa shape index (κ2) is 6.60. The third-order valence-electron chi connectivity index (χ3n) is 2.63. The number of hydrogen-bond acceptors (Lipinski definition) is 4. The van der Waals surface area contributed by atoms with Crippen LogP contribution < -0.4 is 5.32 Å². The standard InChI is InChI=1S/C14H11ClN2O3S/c1-21-8-5-6-10(15)9(7-8)13(18)17-12-4-2-3-11(16-12)14(19)20/h2-7H,1H3,(H,19,20)(H,16,17,18). The smallest absolute Gasteiger partial charge is 0.354 e. The number of pyridine rings is 1. The van der Waals surface area contributed by atoms with Gasteiger partial charge in [0.2, 0.25) is 0 Å². The monoisotopic (exact) mass is 322 g/mol. The number of aromatic carboxylic acids is 1. The molecule has 1 heterocycles. The third kappa shape index (κ3) is 3.74. The first-order valence-corrected chi connectivity index (χ1v) is 7.47. The van der Waals surface area contributed by atoms with Crippen molar-refractivity contribution in [3.63, 3.8) is 0 Å². The number of hydrogen-bond donors (Lipinski definition) is 2. The lowest BCUT2D eigenvalue weighted by Crippen LogP contribution is -2.14. The van der Waals surface area contributed by atoms with Gasteiger partial charge in [0.15, 0.2) is 5.69 Å². The van der Waals surface area contributed by atoms with Gasteiger partial charge in [-0.05, 0) is 36.6 Å². The van der Waals surface area contributed by atoms with Crippen LogP contribution in [0.2, 0.25) is 5.02 Å². The molecule has 0 fully saturated rings. The van der Waals surface area contributed by atoms with Crippen LogP contribution in [0.25, 0.3) is 0 Å². The minimum atomic E-state index is -1.16. The predicted molar refractivity (Wildman–Crippen MR) is 82.4 cm³/mol. The largest absolute Gasteiger partial charge is 0.477 e. The average molecular weight is 323 g/mol. The van der Waals surface area contributed by atoms with Crippen LogP contribution in [0, 0.1) is 0 Å². The van der Waals surface area contributed by atoms with Crippen molar-refractivity contribution in [2.75, 3.05) is 11.6 Å². The van der Waals surface area contributed by atoms with Crippen LogP contribution >= 0.6 is 23.4 Å². The van der Waals surface area contributed by atoms with Gasteiger partial charge in [-0.1, -0.05) is 17.7 Å². The van der Waals surface area contributed by atoms with Gasteiger partial charge >= 0.3 is 5.97 Å². The number of carboxylic acids is 1. The number of thioether (sulfide) groups is 1. The number of aromatic nitrogens is 1. The number of anilines is 1. The lowest BCUT2D eigenvalue weighted by atomic mass is 10.2. The number of benzene rings is 1. The summed E-state index contributed by atoms with van der Waals surface area (Å²) < 4.78 is 0. The molecule has 0 atom stereocenters. The third-order valence-corrected chi connectivity index (χ3v) is 3.68. The Bertz CT molecular complexity index is 706. The van der Waals surface area contributed by atoms with E-state index in [0.717, 1.165) is 4.90 Å². The second-order valence-electron chi connectivity index (χ2n) is 4.01. The molecule has 2 aromatic rings. The first kappa shape index (κ1) is 15.3. The lowest BCUT2D eigenvalue weighted by molar-refractivity contribution is 0.0690. The zero-order valence-electron chi connectivity index (χ0n) is 11.0. The predicted octanol–water partition coefficient (Wildman–Crippen LogP) is 3.41. The Morgan fingerprint density at radius 1 is 1.29 bits per heavy atom. The summed E-state index contributed by atoms with van der Waals surface area (Å²) in [6, 6.07) is 9.49. The molecule has 108 valence electrons. The zero-order valence-corrected chi connectivity index (χ0v) is 12.5. The molecule has 0 radical (unpaired) electrons. The molecule has 0 unspecified atom stereocenters. The fraction of sp³-hybridized carbons (Fsp3) is 0.0714. The Hall–Kier alpha value is -2.05. The van der Waals surface area contributed by atoms with Crippen molar-refractivity contribution in [2.24, 2.45) is 0 Å². The number of rotatable bonds is 4. The Balaban J connectivity index is 2.25. The molecule has 1 aromatic heterocycles. The number of halogens is 1. The fourth-order valence-electron chi connectivity index (χ4n) is 1.61. The van der Waals surface area contributed by atoms with Crippen molar-refractivity contribution in [3.05, 3.63) is 52.7 Å². The maximum atomic E-state index is 12.2. The van der Waals surface area contributed by atoms with Gasteiger partial charge < -0.3 is 10.4 Å². The van der Waals surface area contributed by atoms with E-state index in [1.165, 1.54) is 30.0 Å². The van der Waals surface area contributed by atoms with Crippen molar-refractivity contribution in [2.45, 2.75) is 4.90 Å². The minimum absolute atomic E-state index is 0.142. The summed E-state index contributed by atoms with van der Waals surface area (Å²) in [4.78, 5) is 27.8. The van der Waals surface area contributed by atoms with E-state index in [-0.39, 0.29) is 11.5 Å². The van der Waals surface area contributed by atoms with Crippen LogP contribution in [0.5, 0.6) is 0 Å². The maximum Gasteiger partial charge on any atom is 0.354 e. The summed E-state index contributed by atoms with van der Waals surface area (Å²) in [5.41, 5.74) is 0.169. The number of carbonyl (C=O) groups excluding carboxylic acids is 1. The molecule has 2 rings (SSSR count). The molecule has 0 saturated carbocycles. The molecule has 1 aromatic carbocycles. The van der Waals surface area contributed by atoms with Crippen LogP contribution in [-0.4, -0.2) is 28.2 Å². The molecule has 0 aliphatic carbocycles. The van der Waals surface area contributed by atoms with Crippen molar-refractivity contribution < 1.29 is 14.7 Å². The first-order chi connectivity index (χ1) is 10.0. The van der Waals surface area contributed by atoms with E-state index in [1.54, 1.807) is 12.1 Å². The van der Waals surface area contributed by atoms with E-state index in [0.29, 0.717) is 10.6 Å². The summed E-state index contributed by atoms with van der Waals surface area (Å²) in [5, 5.41) is 11.7. The van der Waals surface area contributed by atoms with Gasteiger partial charge in [0.05, 0.1) is 10.6 Å². The molecule has 0 aliphatic heterocycles. The van der Waals surface area contributed by atoms with Crippen molar-refractivity contribution in [1.82, 2.24) is 4.98 Å². The van der Waals surface area contributed by atoms with Gasteiger partial charge in [-0.15, -0.1) is 11.8 Å². The van der Waals surface area contributed by atoms with Gasteiger partial charge in [-0.3, -0.25) is 4.79 Å². The summed E-state index contributed by atoms with van der Waals surface area (Å²) in [5.74, 6) is -1.44. The van der Waals surface area contributed by atoms with Crippen LogP contribution in [-0.2, 0) is 0 Å². The molecule has 21 heavy (non-hydrogen) atoms. The van der Waals surface area contributed by atoms with Gasteiger partial charge in [0.1, 0.15) is 5.82 Å². The van der Waals surface area contributed by atoms with Gasteiger partial charge in [-0.2, -0.15) is 0 Å². The molecule has 0 saturated heterocycles. The van der Waals surface area contributed by atoms with Crippen LogP contribution in [0.4, 0.5) is 5.82 Å². The molecule has 5 nitrogen and oxygen atoms in total. The summed E-state index contributed by atoms with van der Waals surface area (Å²) in [6.45, 7) is 0. The maximum absolute atomic E-state index is 12.2. The molecule has 1 amide bonds. The average Bonchev–Trinajstić information content (AvgIpc) is 2.48. The van der Waals surface area contributed by atoms with E-state index in [1.807, 2.05) is 12.3 Å². The van der Waals surface area contributed by atoms with E-state index >= 15 is 0 Å². The SMILES string of the molecule is CSc1ccc(Cl)c(C(=O)Nc2cccc(C(=O)O)n2)c1. The quantitative estimate of drug-likeness (QED) is 0.843. The molecular weight excluding hydrogens is 312 g/mol. The number of carbonyl (C=O) groups is 2. The molecular formula is C14H11ClN2O3S. The molecule has 0 spiro atoms. The summed E-state index contributed by atoms with van der Waals surface area (Å²) in [6.07, 6.45) is 1.89. The minimum Gasteiger partial charge on any atom is -0.477 e. The van der Waals surface area contributed by atoms with E-state index in [2.05, 4.69) is 10.3 Å². The van der Waals surface area contributed by atoms with Crippen LogP contribution in [0.15, 0.2) is 41.3 Å². The van der Waals surface area contributed by atoms with Crippen molar-refractivity contribution in [3.8, 4) is 0 Å². The Kier molecular flexibility index (Phi) is 4.82. The number of nitrogens with one attached hydrogen (secondary N) is 1. The van der Waals surface area contributed by atoms with Crippen LogP contribution in [0.3, 0.4) is 0 Å². The van der Waals surface area contributed by atoms with Crippen LogP contribution in [0.1, 0.15) is 20.8 Å². The number of nitrogens with zero attached hydrogens (tertiary/aromatic N) is 1. The fourth-order valence-corrected chi connectivity index (χ4v) is 2.26. The normalized spacial score (nSPS) is 10.2. The van der Waals surface area contributed by atoms with Gasteiger partial charge in [0, 0.05) is 4.90 Å². The zero-order chi connectivity index (χ0) is 15.4. The number of carboxylic acid groups (broad SMARTS) is 1. The summed E-state index contributed by atoms with van der Waals surface area (Å²) >= 11 is 7.50. The lowest BCUT2D eigenvalue weighted by Gasteiger charge is -2.08. The van der Waals surface area contributed by atoms with E-state index in [9.17, 15) is 9.59 Å². The highest BCUT2D eigenvalue weighted by atomic mass is 35.5. The second-order valence-corrected chi connectivity index (χ2v) is 5.30. The molecule has 0 bridgehead atoms. The van der Waals surface area contributed by atoms with Crippen molar-refractivity contribution in [1.29, 1.82) is 0 Å².